The largest absolute Gasteiger partial charge is 3.00 e. The fraction of sp³-hybridized carbons (Fsp3) is 1.00. The second kappa shape index (κ2) is 14.4. The zero-order valence-corrected chi connectivity index (χ0v) is 14.9. The van der Waals surface area contributed by atoms with Crippen LogP contribution < -0.4 is 0 Å². The summed E-state index contributed by atoms with van der Waals surface area (Å²) in [6.07, 6.45) is 22.5. The Bertz CT molecular complexity index is 64.0. The summed E-state index contributed by atoms with van der Waals surface area (Å²) in [6, 6.07) is 0. The molecule has 0 nitrogen and oxygen atoms in total. The minimum Gasteiger partial charge on any atom is -0.0533 e. The van der Waals surface area contributed by atoms with Gasteiger partial charge in [0.15, 0.2) is 0 Å². The van der Waals surface area contributed by atoms with Gasteiger partial charge in [-0.25, -0.2) is 0 Å². The van der Waals surface area contributed by atoms with Crippen molar-refractivity contribution in [1.29, 1.82) is 0 Å². The summed E-state index contributed by atoms with van der Waals surface area (Å²) in [5.41, 5.74) is 0. The molecule has 0 N–H and O–H groups in total. The van der Waals surface area contributed by atoms with Gasteiger partial charge in [-0.2, -0.15) is 0 Å². The molecule has 3 saturated carbocycles. The Balaban J connectivity index is 0.000000205. The molecule has 0 amide bonds. The van der Waals surface area contributed by atoms with E-state index in [4.69, 9.17) is 0 Å². The van der Waals surface area contributed by atoms with Crippen molar-refractivity contribution >= 4 is 0 Å². The van der Waals surface area contributed by atoms with Gasteiger partial charge in [-0.15, -0.1) is 0 Å². The van der Waals surface area contributed by atoms with E-state index in [0.29, 0.717) is 0 Å². The van der Waals surface area contributed by atoms with E-state index < -0.39 is 0 Å². The van der Waals surface area contributed by atoms with Crippen LogP contribution in [0.5, 0.6) is 0 Å². The van der Waals surface area contributed by atoms with Gasteiger partial charge in [-0.3, -0.25) is 0 Å². The zero-order chi connectivity index (χ0) is 10.6. The van der Waals surface area contributed by atoms with Crippen molar-refractivity contribution in [2.45, 2.75) is 96.3 Å². The molecule has 3 fully saturated rings. The standard InChI is InChI=1S/3C5H10.Pr/c3*1-2-4-5-3-1;/h3*1-5H2;/q;;;+3. The molecule has 3 rings (SSSR count). The van der Waals surface area contributed by atoms with E-state index in [9.17, 15) is 0 Å². The molecule has 0 radical (unpaired) electrons. The molecule has 0 aromatic heterocycles. The Morgan fingerprint density at radius 2 is 0.250 bits per heavy atom. The molecule has 0 saturated heterocycles. The average molecular weight is 351 g/mol. The molecular weight excluding hydrogens is 321 g/mol. The van der Waals surface area contributed by atoms with Crippen LogP contribution in [0.3, 0.4) is 0 Å². The van der Waals surface area contributed by atoms with Crippen LogP contribution in [0.15, 0.2) is 0 Å². The van der Waals surface area contributed by atoms with Gasteiger partial charge < -0.3 is 0 Å². The first-order chi connectivity index (χ1) is 7.50. The van der Waals surface area contributed by atoms with Gasteiger partial charge in [0.2, 0.25) is 0 Å². The van der Waals surface area contributed by atoms with Gasteiger partial charge in [0.05, 0.1) is 0 Å². The first kappa shape index (κ1) is 17.4. The van der Waals surface area contributed by atoms with Crippen molar-refractivity contribution < 1.29 is 41.3 Å². The Morgan fingerprint density at radius 3 is 0.312 bits per heavy atom. The van der Waals surface area contributed by atoms with Gasteiger partial charge in [-0.05, 0) is 0 Å². The van der Waals surface area contributed by atoms with Crippen LogP contribution in [0.4, 0.5) is 0 Å². The summed E-state index contributed by atoms with van der Waals surface area (Å²) in [4.78, 5) is 0. The van der Waals surface area contributed by atoms with Crippen molar-refractivity contribution in [2.75, 3.05) is 0 Å². The Labute approximate surface area is 136 Å². The Morgan fingerprint density at radius 1 is 0.188 bits per heavy atom. The first-order valence-electron chi connectivity index (χ1n) is 7.50. The van der Waals surface area contributed by atoms with E-state index in [1.54, 1.807) is 0 Å². The topological polar surface area (TPSA) is 0 Å². The third-order valence-electron chi connectivity index (χ3n) is 3.75. The van der Waals surface area contributed by atoms with Crippen LogP contribution in [0, 0.1) is 41.3 Å². The number of hydrogen-bond donors (Lipinski definition) is 0. The van der Waals surface area contributed by atoms with Gasteiger partial charge >= 0.3 is 41.3 Å². The molecule has 16 heavy (non-hydrogen) atoms. The average Bonchev–Trinajstić information content (AvgIpc) is 3.09. The van der Waals surface area contributed by atoms with Crippen molar-refractivity contribution in [2.24, 2.45) is 0 Å². The monoisotopic (exact) mass is 351 g/mol. The summed E-state index contributed by atoms with van der Waals surface area (Å²) in [7, 11) is 0. The SMILES string of the molecule is C1CCCC1.C1CCCC1.C1CCCC1.[Pr+3]. The molecule has 0 aromatic rings. The minimum absolute atomic E-state index is 0. The van der Waals surface area contributed by atoms with Crippen LogP contribution in [-0.4, -0.2) is 0 Å². The van der Waals surface area contributed by atoms with Gasteiger partial charge in [0.25, 0.3) is 0 Å². The zero-order valence-electron chi connectivity index (χ0n) is 11.2. The van der Waals surface area contributed by atoms with Gasteiger partial charge in [0.1, 0.15) is 0 Å². The Kier molecular flexibility index (Phi) is 15.7. The maximum absolute atomic E-state index is 1.50. The van der Waals surface area contributed by atoms with Gasteiger partial charge in [-0.1, -0.05) is 96.3 Å². The third kappa shape index (κ3) is 11.8. The van der Waals surface area contributed by atoms with Crippen LogP contribution in [0.1, 0.15) is 96.3 Å². The molecule has 90 valence electrons. The molecule has 0 atom stereocenters. The summed E-state index contributed by atoms with van der Waals surface area (Å²) in [5, 5.41) is 0. The molecule has 0 aromatic carbocycles. The molecular formula is C15H30Pr+3. The summed E-state index contributed by atoms with van der Waals surface area (Å²) >= 11 is 0. The quantitative estimate of drug-likeness (QED) is 0.513. The van der Waals surface area contributed by atoms with Gasteiger partial charge in [0, 0.05) is 0 Å². The van der Waals surface area contributed by atoms with Crippen LogP contribution in [0.25, 0.3) is 0 Å². The molecule has 0 heterocycles. The second-order valence-electron chi connectivity index (χ2n) is 5.30. The van der Waals surface area contributed by atoms with Crippen LogP contribution in [-0.2, 0) is 0 Å². The molecule has 3 aliphatic carbocycles. The van der Waals surface area contributed by atoms with Crippen molar-refractivity contribution in [3.63, 3.8) is 0 Å². The summed E-state index contributed by atoms with van der Waals surface area (Å²) in [6.45, 7) is 0. The fourth-order valence-electron chi connectivity index (χ4n) is 2.65. The smallest absolute Gasteiger partial charge is 0.0533 e. The van der Waals surface area contributed by atoms with Crippen LogP contribution >= 0.6 is 0 Å². The van der Waals surface area contributed by atoms with E-state index in [2.05, 4.69) is 0 Å². The van der Waals surface area contributed by atoms with E-state index in [1.807, 2.05) is 0 Å². The molecule has 0 aliphatic heterocycles. The fourth-order valence-corrected chi connectivity index (χ4v) is 2.65. The maximum Gasteiger partial charge on any atom is 3.00 e. The molecule has 0 bridgehead atoms. The predicted octanol–water partition coefficient (Wildman–Crippen LogP) is 5.85. The number of hydrogen-bond acceptors (Lipinski definition) is 0. The third-order valence-corrected chi connectivity index (χ3v) is 3.75. The molecule has 0 spiro atoms. The van der Waals surface area contributed by atoms with E-state index >= 15 is 0 Å². The normalized spacial score (nSPS) is 22.5. The summed E-state index contributed by atoms with van der Waals surface area (Å²) in [5.74, 6) is 0. The maximum atomic E-state index is 1.50. The Hall–Kier alpha value is 1.36. The van der Waals surface area contributed by atoms with Crippen molar-refractivity contribution in [1.82, 2.24) is 0 Å². The van der Waals surface area contributed by atoms with Crippen molar-refractivity contribution in [3.05, 3.63) is 0 Å². The first-order valence-corrected chi connectivity index (χ1v) is 7.50. The molecule has 3 aliphatic rings. The van der Waals surface area contributed by atoms with E-state index in [0.717, 1.165) is 0 Å². The van der Waals surface area contributed by atoms with Crippen LogP contribution in [0.2, 0.25) is 0 Å². The summed E-state index contributed by atoms with van der Waals surface area (Å²) < 4.78 is 0. The molecule has 0 unspecified atom stereocenters. The van der Waals surface area contributed by atoms with E-state index in [-0.39, 0.29) is 41.3 Å². The van der Waals surface area contributed by atoms with E-state index in [1.165, 1.54) is 96.3 Å². The molecule has 1 heteroatoms. The second-order valence-corrected chi connectivity index (χ2v) is 5.30. The minimum atomic E-state index is 0. The number of rotatable bonds is 0. The van der Waals surface area contributed by atoms with Crippen molar-refractivity contribution in [3.8, 4) is 0 Å². The predicted molar refractivity (Wildman–Crippen MR) is 69.3 cm³/mol.